The van der Waals surface area contributed by atoms with Crippen LogP contribution in [-0.2, 0) is 19.1 Å². The Hall–Kier alpha value is -0.750. The number of likely N-dealkylation sites (N-methyl/N-ethyl adjacent to an activating group) is 2. The van der Waals surface area contributed by atoms with E-state index in [9.17, 15) is 24.6 Å². The zero-order valence-electron chi connectivity index (χ0n) is 24.7. The van der Waals surface area contributed by atoms with Crippen LogP contribution >= 0.6 is 0 Å². The quantitative estimate of drug-likeness (QED) is 0.0632. The van der Waals surface area contributed by atoms with E-state index in [1.807, 2.05) is 35.2 Å². The van der Waals surface area contributed by atoms with Gasteiger partial charge in [-0.15, -0.1) is 0 Å². The first kappa shape index (κ1) is 42.3. The predicted octanol–water partition coefficient (Wildman–Crippen LogP) is -3.16. The number of nitrogens with zero attached hydrogens (tertiary/aromatic N) is 2. The summed E-state index contributed by atoms with van der Waals surface area (Å²) < 4.78 is 5.92. The van der Waals surface area contributed by atoms with E-state index in [2.05, 4.69) is 5.32 Å². The zero-order chi connectivity index (χ0) is 26.0. The normalized spacial score (nSPS) is 14.2. The number of carboxylic acids is 1. The molecule has 3 N–H and O–H groups in total. The minimum Gasteiger partial charge on any atom is -0.550 e. The average molecular weight is 530 g/mol. The number of esters is 1. The zero-order valence-corrected chi connectivity index (χ0v) is 26.7. The van der Waals surface area contributed by atoms with Crippen molar-refractivity contribution in [1.29, 1.82) is 0 Å². The number of amides is 1. The van der Waals surface area contributed by atoms with E-state index in [0.29, 0.717) is 28.5 Å². The second-order valence-corrected chi connectivity index (χ2v) is 11.2. The van der Waals surface area contributed by atoms with Gasteiger partial charge in [0.25, 0.3) is 0 Å². The van der Waals surface area contributed by atoms with Crippen molar-refractivity contribution >= 4 is 17.8 Å². The molecule has 0 heterocycles. The molecule has 0 fully saturated rings. The number of carbonyl (C=O) groups is 3. The Morgan fingerprint density at radius 2 is 1.56 bits per heavy atom. The minimum atomic E-state index is -1.32. The van der Waals surface area contributed by atoms with Gasteiger partial charge in [0.2, 0.25) is 5.91 Å². The van der Waals surface area contributed by atoms with Gasteiger partial charge in [-0.2, -0.15) is 0 Å². The third kappa shape index (κ3) is 17.7. The van der Waals surface area contributed by atoms with Gasteiger partial charge in [-0.05, 0) is 19.3 Å². The van der Waals surface area contributed by atoms with Gasteiger partial charge in [-0.25, -0.2) is 0 Å². The molecule has 0 bridgehead atoms. The molecule has 0 aliphatic rings. The Morgan fingerprint density at radius 1 is 1.03 bits per heavy atom. The molecule has 0 aromatic carbocycles. The molecule has 210 valence electrons. The number of ether oxygens (including phenoxy) is 1. The van der Waals surface area contributed by atoms with Crippen LogP contribution in [0.25, 0.3) is 0 Å². The summed E-state index contributed by atoms with van der Waals surface area (Å²) in [4.78, 5) is 36.8. The molecule has 0 saturated carbocycles. The number of aliphatic carboxylic acids is 1. The number of carboxylic acid groups (broad SMARTS) is 1. The Kier molecular flexibility index (Phi) is 21.8. The predicted molar refractivity (Wildman–Crippen MR) is 135 cm³/mol. The van der Waals surface area contributed by atoms with Crippen LogP contribution in [0, 0.1) is 32.1 Å². The number of quaternary nitrogens is 2. The second-order valence-electron chi connectivity index (χ2n) is 11.2. The minimum absolute atomic E-state index is 0. The van der Waals surface area contributed by atoms with E-state index in [-0.39, 0.29) is 83.0 Å². The van der Waals surface area contributed by atoms with E-state index in [0.717, 1.165) is 0 Å². The van der Waals surface area contributed by atoms with Crippen molar-refractivity contribution in [3.63, 3.8) is 0 Å². The monoisotopic (exact) mass is 529 g/mol. The van der Waals surface area contributed by atoms with Crippen molar-refractivity contribution in [2.75, 3.05) is 68.2 Å². The standard InChI is InChI=1S/C23H45N3O7.2CH3.Na/c1-9-17(21(31)33-11-10-27)12-18(20(29)30)13-23(2,3)22(32)24-16-26(7,8)15-19(28)14-25(4,5)6;;;/h17-19,27-28H,9-16H2,1-8H3;2*1H3;/q;2*-1;+1/p+1. The molecule has 10 nitrogen and oxygen atoms in total. The Morgan fingerprint density at radius 3 is 1.97 bits per heavy atom. The van der Waals surface area contributed by atoms with Crippen LogP contribution in [0.5, 0.6) is 0 Å². The summed E-state index contributed by atoms with van der Waals surface area (Å²) in [5.41, 5.74) is -1.01. The molecular weight excluding hydrogens is 477 g/mol. The molecule has 11 heteroatoms. The van der Waals surface area contributed by atoms with Gasteiger partial charge in [0.1, 0.15) is 19.7 Å². The number of rotatable bonds is 16. The molecule has 0 radical (unpaired) electrons. The maximum absolute atomic E-state index is 12.9. The molecule has 3 atom stereocenters. The summed E-state index contributed by atoms with van der Waals surface area (Å²) in [5, 5.41) is 33.8. The molecule has 3 unspecified atom stereocenters. The maximum Gasteiger partial charge on any atom is 1.00 e. The average Bonchev–Trinajstić information content (AvgIpc) is 2.64. The van der Waals surface area contributed by atoms with Gasteiger partial charge >= 0.3 is 35.5 Å². The number of aliphatic hydroxyl groups excluding tert-OH is 2. The van der Waals surface area contributed by atoms with Crippen LogP contribution in [0.2, 0.25) is 0 Å². The van der Waals surface area contributed by atoms with Crippen molar-refractivity contribution in [2.45, 2.75) is 46.1 Å². The first-order valence-corrected chi connectivity index (χ1v) is 11.5. The van der Waals surface area contributed by atoms with Crippen LogP contribution in [-0.4, -0.2) is 111 Å². The van der Waals surface area contributed by atoms with Crippen molar-refractivity contribution in [3.05, 3.63) is 14.9 Å². The molecule has 0 aromatic heterocycles. The molecule has 0 rings (SSSR count). The third-order valence-electron chi connectivity index (χ3n) is 5.57. The summed E-state index contributed by atoms with van der Waals surface area (Å²) in [6, 6.07) is 0. The number of carbonyl (C=O) groups excluding carboxylic acids is 3. The van der Waals surface area contributed by atoms with Crippen molar-refractivity contribution < 1.29 is 73.0 Å². The second kappa shape index (κ2) is 18.5. The number of aliphatic hydroxyl groups is 2. The van der Waals surface area contributed by atoms with E-state index in [4.69, 9.17) is 9.84 Å². The van der Waals surface area contributed by atoms with Crippen LogP contribution in [0.4, 0.5) is 0 Å². The fourth-order valence-electron chi connectivity index (χ4n) is 3.86. The smallest absolute Gasteiger partial charge is 0.550 e. The number of hydrogen-bond acceptors (Lipinski definition) is 7. The Labute approximate surface area is 241 Å². The summed E-state index contributed by atoms with van der Waals surface area (Å²) >= 11 is 0. The molecule has 1 amide bonds. The van der Waals surface area contributed by atoms with Crippen molar-refractivity contribution in [1.82, 2.24) is 5.32 Å². The van der Waals surface area contributed by atoms with E-state index >= 15 is 0 Å². The van der Waals surface area contributed by atoms with Gasteiger partial charge < -0.3 is 54.0 Å². The molecule has 0 aliphatic carbocycles. The number of nitrogens with one attached hydrogen (secondary N) is 1. The number of hydrogen-bond donors (Lipinski definition) is 3. The molecule has 36 heavy (non-hydrogen) atoms. The SMILES string of the molecule is CCC(CC(CC(C)(C)C(=O)NC[N+](C)(C)CC(O)C[N+](C)(C)C)C(=O)[O-])C(=O)OCCO.[CH3-].[CH3-].[Na+]. The molecule has 0 saturated heterocycles. The topological polar surface area (TPSA) is 136 Å². The maximum atomic E-state index is 12.9. The molecular formula is C25H52N3NaO7. The van der Waals surface area contributed by atoms with Crippen LogP contribution in [0.15, 0.2) is 0 Å². The fourth-order valence-corrected chi connectivity index (χ4v) is 3.86. The molecule has 0 spiro atoms. The molecule has 0 aromatic rings. The van der Waals surface area contributed by atoms with Crippen molar-refractivity contribution in [3.8, 4) is 0 Å². The van der Waals surface area contributed by atoms with Gasteiger partial charge in [0.15, 0.2) is 12.8 Å². The fraction of sp³-hybridized carbons (Fsp3) is 0.800. The van der Waals surface area contributed by atoms with Gasteiger partial charge in [0.05, 0.1) is 47.8 Å². The summed E-state index contributed by atoms with van der Waals surface area (Å²) in [7, 11) is 9.80. The Bertz CT molecular complexity index is 652. The largest absolute Gasteiger partial charge is 1.00 e. The van der Waals surface area contributed by atoms with Crippen LogP contribution < -0.4 is 40.0 Å². The molecule has 0 aliphatic heterocycles. The summed E-state index contributed by atoms with van der Waals surface area (Å²) in [6.07, 6.45) is -0.160. The third-order valence-corrected chi connectivity index (χ3v) is 5.57. The summed E-state index contributed by atoms with van der Waals surface area (Å²) in [5.74, 6) is -3.85. The van der Waals surface area contributed by atoms with Crippen LogP contribution in [0.1, 0.15) is 40.0 Å². The van der Waals surface area contributed by atoms with Crippen LogP contribution in [0.3, 0.4) is 0 Å². The van der Waals surface area contributed by atoms with E-state index < -0.39 is 35.3 Å². The van der Waals surface area contributed by atoms with E-state index in [1.165, 1.54) is 0 Å². The van der Waals surface area contributed by atoms with Gasteiger partial charge in [-0.1, -0.05) is 20.8 Å². The Balaban J connectivity index is -0.00000171. The first-order chi connectivity index (χ1) is 14.9. The van der Waals surface area contributed by atoms with Gasteiger partial charge in [-0.3, -0.25) is 9.59 Å². The van der Waals surface area contributed by atoms with E-state index in [1.54, 1.807) is 20.8 Å². The summed E-state index contributed by atoms with van der Waals surface area (Å²) in [6.45, 7) is 5.93. The van der Waals surface area contributed by atoms with Gasteiger partial charge in [0, 0.05) is 17.3 Å². The van der Waals surface area contributed by atoms with Crippen molar-refractivity contribution in [2.24, 2.45) is 17.3 Å². The first-order valence-electron chi connectivity index (χ1n) is 11.5.